The third-order valence-corrected chi connectivity index (χ3v) is 1.84. The highest BCUT2D eigenvalue weighted by atomic mass is 19.2. The molecule has 1 rings (SSSR count). The minimum absolute atomic E-state index is 0.225. The number of carbonyl (C=O) groups excluding carboxylic acids is 1. The molecule has 0 aliphatic rings. The molecule has 0 fully saturated rings. The summed E-state index contributed by atoms with van der Waals surface area (Å²) >= 11 is 0. The van der Waals surface area contributed by atoms with Crippen LogP contribution in [0.2, 0.25) is 0 Å². The predicted molar refractivity (Wildman–Crippen MR) is 45.7 cm³/mol. The summed E-state index contributed by atoms with van der Waals surface area (Å²) in [5.41, 5.74) is 0.1000. The van der Waals surface area contributed by atoms with E-state index in [2.05, 4.69) is 0 Å². The Morgan fingerprint density at radius 3 is 2.54 bits per heavy atom. The molecule has 0 atom stereocenters. The normalized spacial score (nSPS) is 10.1. The van der Waals surface area contributed by atoms with Crippen molar-refractivity contribution in [3.8, 4) is 0 Å². The maximum Gasteiger partial charge on any atom is 0.169 e. The van der Waals surface area contributed by atoms with Gasteiger partial charge in [-0.05, 0) is 18.1 Å². The molecule has 0 saturated heterocycles. The lowest BCUT2D eigenvalue weighted by atomic mass is 10.1. The van der Waals surface area contributed by atoms with Crippen molar-refractivity contribution in [1.29, 1.82) is 0 Å². The zero-order valence-corrected chi connectivity index (χ0v) is 7.31. The van der Waals surface area contributed by atoms with Gasteiger partial charge in [-0.3, -0.25) is 4.79 Å². The number of hydrogen-bond donors (Lipinski definition) is 0. The van der Waals surface area contributed by atoms with Crippen LogP contribution in [0.3, 0.4) is 0 Å². The Hall–Kier alpha value is -1.25. The third kappa shape index (κ3) is 1.91. The van der Waals surface area contributed by atoms with Crippen LogP contribution in [0.1, 0.15) is 29.3 Å². The summed E-state index contributed by atoms with van der Waals surface area (Å²) in [7, 11) is 0. The SMILES string of the molecule is CCCc1ccc(C=O)c(F)c1F. The van der Waals surface area contributed by atoms with Gasteiger partial charge in [0.2, 0.25) is 0 Å². The molecule has 0 radical (unpaired) electrons. The Morgan fingerprint density at radius 1 is 1.31 bits per heavy atom. The van der Waals surface area contributed by atoms with Crippen LogP contribution in [-0.2, 0) is 6.42 Å². The molecule has 0 spiro atoms. The second-order valence-electron chi connectivity index (χ2n) is 2.81. The molecule has 0 unspecified atom stereocenters. The van der Waals surface area contributed by atoms with Crippen molar-refractivity contribution in [3.63, 3.8) is 0 Å². The van der Waals surface area contributed by atoms with E-state index < -0.39 is 11.6 Å². The smallest absolute Gasteiger partial charge is 0.169 e. The molecule has 3 heteroatoms. The standard InChI is InChI=1S/C10H10F2O/c1-2-3-7-4-5-8(6-13)10(12)9(7)11/h4-6H,2-3H2,1H3. The van der Waals surface area contributed by atoms with Crippen LogP contribution in [0.5, 0.6) is 0 Å². The number of rotatable bonds is 3. The van der Waals surface area contributed by atoms with Crippen LogP contribution in [0.4, 0.5) is 8.78 Å². The fourth-order valence-corrected chi connectivity index (χ4v) is 1.16. The van der Waals surface area contributed by atoms with Gasteiger partial charge in [0.25, 0.3) is 0 Å². The number of aldehydes is 1. The summed E-state index contributed by atoms with van der Waals surface area (Å²) in [6.45, 7) is 1.88. The second kappa shape index (κ2) is 4.12. The van der Waals surface area contributed by atoms with Crippen LogP contribution in [0.25, 0.3) is 0 Å². The van der Waals surface area contributed by atoms with E-state index in [-0.39, 0.29) is 5.56 Å². The molecule has 70 valence electrons. The van der Waals surface area contributed by atoms with Gasteiger partial charge in [0.1, 0.15) is 0 Å². The summed E-state index contributed by atoms with van der Waals surface area (Å²) in [4.78, 5) is 10.2. The summed E-state index contributed by atoms with van der Waals surface area (Å²) in [6.07, 6.45) is 1.55. The quantitative estimate of drug-likeness (QED) is 0.660. The predicted octanol–water partition coefficient (Wildman–Crippen LogP) is 2.73. The molecule has 13 heavy (non-hydrogen) atoms. The molecular weight excluding hydrogens is 174 g/mol. The topological polar surface area (TPSA) is 17.1 Å². The van der Waals surface area contributed by atoms with Crippen molar-refractivity contribution in [1.82, 2.24) is 0 Å². The highest BCUT2D eigenvalue weighted by Gasteiger charge is 2.11. The van der Waals surface area contributed by atoms with E-state index in [9.17, 15) is 13.6 Å². The first-order valence-corrected chi connectivity index (χ1v) is 4.12. The van der Waals surface area contributed by atoms with Crippen molar-refractivity contribution >= 4 is 6.29 Å². The molecule has 0 aliphatic carbocycles. The van der Waals surface area contributed by atoms with Gasteiger partial charge in [-0.1, -0.05) is 19.4 Å². The summed E-state index contributed by atoms with van der Waals surface area (Å²) in [6, 6.07) is 2.75. The molecule has 0 amide bonds. The molecule has 0 aliphatic heterocycles. The van der Waals surface area contributed by atoms with Gasteiger partial charge in [-0.25, -0.2) is 8.78 Å². The molecular formula is C10H10F2O. The van der Waals surface area contributed by atoms with Gasteiger partial charge in [-0.15, -0.1) is 0 Å². The Balaban J connectivity index is 3.14. The van der Waals surface area contributed by atoms with Crippen LogP contribution in [0, 0.1) is 11.6 Å². The van der Waals surface area contributed by atoms with Gasteiger partial charge < -0.3 is 0 Å². The van der Waals surface area contributed by atoms with E-state index in [1.807, 2.05) is 6.92 Å². The first kappa shape index (κ1) is 9.84. The Morgan fingerprint density at radius 2 is 2.00 bits per heavy atom. The summed E-state index contributed by atoms with van der Waals surface area (Å²) < 4.78 is 26.1. The molecule has 0 bridgehead atoms. The minimum Gasteiger partial charge on any atom is -0.298 e. The van der Waals surface area contributed by atoms with Crippen LogP contribution in [0.15, 0.2) is 12.1 Å². The van der Waals surface area contributed by atoms with Crippen LogP contribution in [-0.4, -0.2) is 6.29 Å². The lowest BCUT2D eigenvalue weighted by Gasteiger charge is -2.03. The molecule has 0 heterocycles. The second-order valence-corrected chi connectivity index (χ2v) is 2.81. The zero-order valence-electron chi connectivity index (χ0n) is 7.31. The Bertz CT molecular complexity index is 321. The largest absolute Gasteiger partial charge is 0.298 e. The van der Waals surface area contributed by atoms with E-state index in [1.165, 1.54) is 12.1 Å². The number of benzene rings is 1. The van der Waals surface area contributed by atoms with Crippen molar-refractivity contribution < 1.29 is 13.6 Å². The highest BCUT2D eigenvalue weighted by Crippen LogP contribution is 2.16. The lowest BCUT2D eigenvalue weighted by Crippen LogP contribution is -1.98. The van der Waals surface area contributed by atoms with E-state index >= 15 is 0 Å². The monoisotopic (exact) mass is 184 g/mol. The van der Waals surface area contributed by atoms with Crippen LogP contribution >= 0.6 is 0 Å². The zero-order chi connectivity index (χ0) is 9.84. The summed E-state index contributed by atoms with van der Waals surface area (Å²) in [5, 5.41) is 0. The number of carbonyl (C=O) groups is 1. The van der Waals surface area contributed by atoms with E-state index in [1.54, 1.807) is 0 Å². The maximum absolute atomic E-state index is 13.1. The van der Waals surface area contributed by atoms with Gasteiger partial charge in [0.05, 0.1) is 5.56 Å². The average molecular weight is 184 g/mol. The van der Waals surface area contributed by atoms with Crippen molar-refractivity contribution in [2.75, 3.05) is 0 Å². The lowest BCUT2D eigenvalue weighted by molar-refractivity contribution is 0.111. The molecule has 0 saturated carbocycles. The number of aryl methyl sites for hydroxylation is 1. The molecule has 1 nitrogen and oxygen atoms in total. The first-order valence-electron chi connectivity index (χ1n) is 4.12. The number of halogens is 2. The average Bonchev–Trinajstić information content (AvgIpc) is 2.14. The Labute approximate surface area is 75.4 Å². The van der Waals surface area contributed by atoms with E-state index in [0.717, 1.165) is 6.42 Å². The van der Waals surface area contributed by atoms with Crippen LogP contribution < -0.4 is 0 Å². The van der Waals surface area contributed by atoms with Crippen molar-refractivity contribution in [2.24, 2.45) is 0 Å². The Kier molecular flexibility index (Phi) is 3.12. The highest BCUT2D eigenvalue weighted by molar-refractivity contribution is 5.75. The van der Waals surface area contributed by atoms with Crippen molar-refractivity contribution in [2.45, 2.75) is 19.8 Å². The van der Waals surface area contributed by atoms with E-state index in [4.69, 9.17) is 0 Å². The molecule has 1 aromatic carbocycles. The third-order valence-electron chi connectivity index (χ3n) is 1.84. The molecule has 0 aromatic heterocycles. The van der Waals surface area contributed by atoms with E-state index in [0.29, 0.717) is 18.3 Å². The van der Waals surface area contributed by atoms with Gasteiger partial charge >= 0.3 is 0 Å². The van der Waals surface area contributed by atoms with Gasteiger partial charge in [-0.2, -0.15) is 0 Å². The summed E-state index contributed by atoms with van der Waals surface area (Å²) in [5.74, 6) is -1.94. The fourth-order valence-electron chi connectivity index (χ4n) is 1.16. The van der Waals surface area contributed by atoms with Crippen molar-refractivity contribution in [3.05, 3.63) is 34.9 Å². The van der Waals surface area contributed by atoms with Gasteiger partial charge in [0, 0.05) is 0 Å². The molecule has 0 N–H and O–H groups in total. The number of hydrogen-bond acceptors (Lipinski definition) is 1. The maximum atomic E-state index is 13.1. The fraction of sp³-hybridized carbons (Fsp3) is 0.300. The van der Waals surface area contributed by atoms with Gasteiger partial charge in [0.15, 0.2) is 17.9 Å². The minimum atomic E-state index is -1.04. The first-order chi connectivity index (χ1) is 6.20. The molecule has 1 aromatic rings.